The van der Waals surface area contributed by atoms with E-state index in [0.29, 0.717) is 30.5 Å². The molecule has 1 N–H and O–H groups in total. The van der Waals surface area contributed by atoms with Crippen LogP contribution >= 0.6 is 0 Å². The lowest BCUT2D eigenvalue weighted by Gasteiger charge is -2.51. The van der Waals surface area contributed by atoms with Gasteiger partial charge in [0, 0.05) is 12.8 Å². The van der Waals surface area contributed by atoms with Crippen molar-refractivity contribution in [1.82, 2.24) is 0 Å². The molecule has 0 amide bonds. The maximum absolute atomic E-state index is 11.5. The lowest BCUT2D eigenvalue weighted by Crippen LogP contribution is -2.51. The van der Waals surface area contributed by atoms with E-state index in [1.54, 1.807) is 0 Å². The number of rotatable bonds is 0. The first-order chi connectivity index (χ1) is 6.55. The van der Waals surface area contributed by atoms with Crippen LogP contribution in [-0.2, 0) is 4.79 Å². The zero-order valence-electron chi connectivity index (χ0n) is 9.12. The zero-order valence-corrected chi connectivity index (χ0v) is 9.12. The van der Waals surface area contributed by atoms with Crippen molar-refractivity contribution in [2.75, 3.05) is 0 Å². The molecule has 0 heterocycles. The Bertz CT molecular complexity index is 249. The first kappa shape index (κ1) is 10.2. The Morgan fingerprint density at radius 2 is 2.07 bits per heavy atom. The van der Waals surface area contributed by atoms with Crippen LogP contribution in [0.3, 0.4) is 0 Å². The van der Waals surface area contributed by atoms with E-state index in [2.05, 4.69) is 13.8 Å². The molecule has 0 aromatic carbocycles. The summed E-state index contributed by atoms with van der Waals surface area (Å²) in [5.41, 5.74) is 0.00611. The summed E-state index contributed by atoms with van der Waals surface area (Å²) in [5.74, 6) is 1.18. The highest BCUT2D eigenvalue weighted by Crippen LogP contribution is 2.52. The smallest absolute Gasteiger partial charge is 0.133 e. The third kappa shape index (κ3) is 1.31. The summed E-state index contributed by atoms with van der Waals surface area (Å²) < 4.78 is 0. The van der Waals surface area contributed by atoms with Crippen LogP contribution in [0.15, 0.2) is 0 Å². The molecule has 0 aliphatic heterocycles. The van der Waals surface area contributed by atoms with Crippen molar-refractivity contribution in [3.8, 4) is 0 Å². The third-order valence-corrected chi connectivity index (χ3v) is 4.70. The molecule has 0 aromatic rings. The largest absolute Gasteiger partial charge is 0.393 e. The number of Topliss-reactive ketones (excluding diaryl/α,β-unsaturated/α-hetero) is 1. The van der Waals surface area contributed by atoms with E-state index < -0.39 is 0 Å². The Hall–Kier alpha value is -0.370. The molecular weight excluding hydrogens is 176 g/mol. The average Bonchev–Trinajstić information content (AvgIpc) is 2.11. The molecule has 2 aliphatic rings. The molecule has 2 saturated carbocycles. The van der Waals surface area contributed by atoms with Gasteiger partial charge in [-0.1, -0.05) is 20.3 Å². The van der Waals surface area contributed by atoms with Gasteiger partial charge >= 0.3 is 0 Å². The predicted molar refractivity (Wildman–Crippen MR) is 54.9 cm³/mol. The standard InChI is InChI=1S/C12H20O2/c1-8-6-10(13)7-9-4-3-5-11(14)12(8,9)2/h8-9,11,14H,3-7H2,1-2H3. The van der Waals surface area contributed by atoms with Gasteiger partial charge in [0.15, 0.2) is 0 Å². The Kier molecular flexibility index (Phi) is 2.42. The van der Waals surface area contributed by atoms with Gasteiger partial charge < -0.3 is 5.11 Å². The van der Waals surface area contributed by atoms with Gasteiger partial charge in [0.1, 0.15) is 5.78 Å². The first-order valence-electron chi connectivity index (χ1n) is 5.75. The quantitative estimate of drug-likeness (QED) is 0.644. The Balaban J connectivity index is 2.26. The van der Waals surface area contributed by atoms with Gasteiger partial charge in [-0.25, -0.2) is 0 Å². The summed E-state index contributed by atoms with van der Waals surface area (Å²) in [5, 5.41) is 10.1. The fourth-order valence-corrected chi connectivity index (χ4v) is 3.42. The van der Waals surface area contributed by atoms with Crippen molar-refractivity contribution in [2.24, 2.45) is 17.3 Å². The number of hydrogen-bond donors (Lipinski definition) is 1. The number of carbonyl (C=O) groups excluding carboxylic acids is 1. The van der Waals surface area contributed by atoms with E-state index in [1.165, 1.54) is 0 Å². The first-order valence-corrected chi connectivity index (χ1v) is 5.75. The second-order valence-corrected chi connectivity index (χ2v) is 5.36. The van der Waals surface area contributed by atoms with E-state index in [4.69, 9.17) is 0 Å². The number of aliphatic hydroxyl groups excluding tert-OH is 1. The predicted octanol–water partition coefficient (Wildman–Crippen LogP) is 2.15. The van der Waals surface area contributed by atoms with Gasteiger partial charge in [0.25, 0.3) is 0 Å². The van der Waals surface area contributed by atoms with E-state index in [-0.39, 0.29) is 11.5 Å². The van der Waals surface area contributed by atoms with E-state index in [9.17, 15) is 9.90 Å². The number of aliphatic hydroxyl groups is 1. The van der Waals surface area contributed by atoms with Crippen molar-refractivity contribution >= 4 is 5.78 Å². The van der Waals surface area contributed by atoms with Crippen LogP contribution < -0.4 is 0 Å². The van der Waals surface area contributed by atoms with Gasteiger partial charge in [-0.05, 0) is 30.1 Å². The van der Waals surface area contributed by atoms with E-state index in [1.807, 2.05) is 0 Å². The van der Waals surface area contributed by atoms with Gasteiger partial charge in [-0.2, -0.15) is 0 Å². The minimum absolute atomic E-state index is 0.00611. The van der Waals surface area contributed by atoms with Crippen molar-refractivity contribution in [3.05, 3.63) is 0 Å². The SMILES string of the molecule is CC1CC(=O)CC2CCCC(O)C12C. The Morgan fingerprint density at radius 1 is 1.36 bits per heavy atom. The van der Waals surface area contributed by atoms with Gasteiger partial charge in [-0.15, -0.1) is 0 Å². The Labute approximate surface area is 85.7 Å². The summed E-state index contributed by atoms with van der Waals surface area (Å²) in [7, 11) is 0. The topological polar surface area (TPSA) is 37.3 Å². The highest BCUT2D eigenvalue weighted by Gasteiger charge is 2.50. The second kappa shape index (κ2) is 3.34. The fourth-order valence-electron chi connectivity index (χ4n) is 3.42. The summed E-state index contributed by atoms with van der Waals surface area (Å²) in [4.78, 5) is 11.5. The molecule has 2 nitrogen and oxygen atoms in total. The van der Waals surface area contributed by atoms with Crippen molar-refractivity contribution in [2.45, 2.75) is 52.1 Å². The molecule has 80 valence electrons. The van der Waals surface area contributed by atoms with E-state index >= 15 is 0 Å². The second-order valence-electron chi connectivity index (χ2n) is 5.36. The number of fused-ring (bicyclic) bond motifs is 1. The molecule has 4 atom stereocenters. The van der Waals surface area contributed by atoms with E-state index in [0.717, 1.165) is 19.3 Å². The minimum atomic E-state index is -0.190. The molecular formula is C12H20O2. The molecule has 0 saturated heterocycles. The monoisotopic (exact) mass is 196 g/mol. The average molecular weight is 196 g/mol. The normalized spacial score (nSPS) is 48.8. The van der Waals surface area contributed by atoms with Crippen LogP contribution in [0.5, 0.6) is 0 Å². The molecule has 14 heavy (non-hydrogen) atoms. The van der Waals surface area contributed by atoms with Crippen LogP contribution in [-0.4, -0.2) is 17.0 Å². The van der Waals surface area contributed by atoms with Gasteiger partial charge in [-0.3, -0.25) is 4.79 Å². The van der Waals surface area contributed by atoms with Crippen LogP contribution in [0.2, 0.25) is 0 Å². The highest BCUT2D eigenvalue weighted by molar-refractivity contribution is 5.80. The summed E-state index contributed by atoms with van der Waals surface area (Å²) in [6.45, 7) is 4.30. The van der Waals surface area contributed by atoms with Gasteiger partial charge in [0.2, 0.25) is 0 Å². The summed E-state index contributed by atoms with van der Waals surface area (Å²) in [6.07, 6.45) is 4.32. The van der Waals surface area contributed by atoms with Crippen LogP contribution in [0.4, 0.5) is 0 Å². The van der Waals surface area contributed by atoms with Gasteiger partial charge in [0.05, 0.1) is 6.10 Å². The molecule has 4 unspecified atom stereocenters. The molecule has 2 fully saturated rings. The molecule has 2 heteroatoms. The third-order valence-electron chi connectivity index (χ3n) is 4.70. The van der Waals surface area contributed by atoms with Crippen molar-refractivity contribution in [3.63, 3.8) is 0 Å². The van der Waals surface area contributed by atoms with Crippen LogP contribution in [0.25, 0.3) is 0 Å². The molecule has 0 spiro atoms. The molecule has 0 aromatic heterocycles. The van der Waals surface area contributed by atoms with Crippen LogP contribution in [0.1, 0.15) is 46.0 Å². The summed E-state index contributed by atoms with van der Waals surface area (Å²) in [6, 6.07) is 0. The van der Waals surface area contributed by atoms with Crippen molar-refractivity contribution in [1.29, 1.82) is 0 Å². The number of carbonyl (C=O) groups is 1. The molecule has 0 bridgehead atoms. The highest BCUT2D eigenvalue weighted by atomic mass is 16.3. The lowest BCUT2D eigenvalue weighted by atomic mass is 9.54. The van der Waals surface area contributed by atoms with Crippen molar-refractivity contribution < 1.29 is 9.90 Å². The zero-order chi connectivity index (χ0) is 10.3. The Morgan fingerprint density at radius 3 is 2.79 bits per heavy atom. The lowest BCUT2D eigenvalue weighted by molar-refractivity contribution is -0.140. The number of ketones is 1. The molecule has 0 radical (unpaired) electrons. The fraction of sp³-hybridized carbons (Fsp3) is 0.917. The maximum atomic E-state index is 11.5. The maximum Gasteiger partial charge on any atom is 0.133 e. The minimum Gasteiger partial charge on any atom is -0.393 e. The molecule has 2 aliphatic carbocycles. The van der Waals surface area contributed by atoms with Crippen LogP contribution in [0, 0.1) is 17.3 Å². The summed E-state index contributed by atoms with van der Waals surface area (Å²) >= 11 is 0. The number of hydrogen-bond acceptors (Lipinski definition) is 2. The molecule has 2 rings (SSSR count).